The predicted molar refractivity (Wildman–Crippen MR) is 122 cm³/mol. The average Bonchev–Trinajstić information content (AvgIpc) is 3.33. The molecular weight excluding hydrogens is 449 g/mol. The maximum atomic E-state index is 13.1. The average molecular weight is 469 g/mol. The van der Waals surface area contributed by atoms with Crippen molar-refractivity contribution in [2.75, 3.05) is 37.7 Å². The van der Waals surface area contributed by atoms with E-state index in [2.05, 4.69) is 0 Å². The fourth-order valence-electron chi connectivity index (χ4n) is 3.51. The number of anilines is 1. The highest BCUT2D eigenvalue weighted by Crippen LogP contribution is 2.28. The van der Waals surface area contributed by atoms with Gasteiger partial charge in [-0.2, -0.15) is 0 Å². The Morgan fingerprint density at radius 3 is 2.27 bits per heavy atom. The van der Waals surface area contributed by atoms with Crippen molar-refractivity contribution in [3.63, 3.8) is 0 Å². The molecule has 3 aromatic rings. The van der Waals surface area contributed by atoms with Crippen LogP contribution in [0.15, 0.2) is 60.7 Å². The summed E-state index contributed by atoms with van der Waals surface area (Å²) in [5, 5.41) is 10.8. The number of non-ortho nitro benzene ring substituents is 1. The van der Waals surface area contributed by atoms with Crippen molar-refractivity contribution in [1.82, 2.24) is 4.90 Å². The summed E-state index contributed by atoms with van der Waals surface area (Å²) in [6, 6.07) is 15.7. The molecule has 0 aliphatic carbocycles. The summed E-state index contributed by atoms with van der Waals surface area (Å²) in [7, 11) is 0. The van der Waals surface area contributed by atoms with E-state index in [1.54, 1.807) is 41.3 Å². The molecule has 10 heteroatoms. The number of nitro benzene ring substituents is 1. The fraction of sp³-hybridized carbons (Fsp3) is 0.217. The van der Waals surface area contributed by atoms with Gasteiger partial charge in [-0.15, -0.1) is 11.3 Å². The SMILES string of the molecule is O=C(OCC(=O)N1CCN(c2ccc([N+](=O)[O-])cc2)CC1)c1ccc(-c2ccc(F)cc2)s1. The highest BCUT2D eigenvalue weighted by Gasteiger charge is 2.23. The van der Waals surface area contributed by atoms with Gasteiger partial charge in [0.15, 0.2) is 6.61 Å². The van der Waals surface area contributed by atoms with Gasteiger partial charge in [0.25, 0.3) is 11.6 Å². The Labute approximate surface area is 193 Å². The summed E-state index contributed by atoms with van der Waals surface area (Å²) in [4.78, 5) is 40.0. The number of carbonyl (C=O) groups excluding carboxylic acids is 2. The van der Waals surface area contributed by atoms with Crippen molar-refractivity contribution in [1.29, 1.82) is 0 Å². The molecule has 1 aromatic heterocycles. The van der Waals surface area contributed by atoms with Crippen LogP contribution in [-0.2, 0) is 9.53 Å². The third-order valence-electron chi connectivity index (χ3n) is 5.32. The van der Waals surface area contributed by atoms with Gasteiger partial charge in [-0.05, 0) is 42.0 Å². The molecule has 0 bridgehead atoms. The minimum Gasteiger partial charge on any atom is -0.451 e. The quantitative estimate of drug-likeness (QED) is 0.308. The molecule has 0 saturated carbocycles. The molecule has 0 N–H and O–H groups in total. The maximum absolute atomic E-state index is 13.1. The first kappa shape index (κ1) is 22.4. The summed E-state index contributed by atoms with van der Waals surface area (Å²) in [5.41, 5.74) is 1.68. The fourth-order valence-corrected chi connectivity index (χ4v) is 4.41. The van der Waals surface area contributed by atoms with E-state index in [0.29, 0.717) is 31.1 Å². The van der Waals surface area contributed by atoms with Crippen LogP contribution >= 0.6 is 11.3 Å². The smallest absolute Gasteiger partial charge is 0.348 e. The molecule has 1 aliphatic rings. The van der Waals surface area contributed by atoms with E-state index in [1.807, 2.05) is 4.90 Å². The zero-order chi connectivity index (χ0) is 23.4. The summed E-state index contributed by atoms with van der Waals surface area (Å²) in [5.74, 6) is -1.18. The van der Waals surface area contributed by atoms with E-state index in [0.717, 1.165) is 16.1 Å². The van der Waals surface area contributed by atoms with Crippen molar-refractivity contribution >= 4 is 34.6 Å². The Balaban J connectivity index is 1.26. The van der Waals surface area contributed by atoms with Crippen molar-refractivity contribution in [3.05, 3.63) is 81.5 Å². The number of halogens is 1. The molecule has 1 aliphatic heterocycles. The minimum atomic E-state index is -0.578. The van der Waals surface area contributed by atoms with Crippen LogP contribution in [0.1, 0.15) is 9.67 Å². The Morgan fingerprint density at radius 1 is 0.970 bits per heavy atom. The molecule has 8 nitrogen and oxygen atoms in total. The normalized spacial score (nSPS) is 13.6. The number of benzene rings is 2. The molecule has 0 spiro atoms. The van der Waals surface area contributed by atoms with E-state index in [1.165, 1.54) is 35.6 Å². The Bertz CT molecular complexity index is 1160. The molecule has 4 rings (SSSR count). The molecule has 0 atom stereocenters. The maximum Gasteiger partial charge on any atom is 0.348 e. The molecule has 170 valence electrons. The zero-order valence-corrected chi connectivity index (χ0v) is 18.3. The Morgan fingerprint density at radius 2 is 1.64 bits per heavy atom. The molecular formula is C23H20FN3O5S. The monoisotopic (exact) mass is 469 g/mol. The lowest BCUT2D eigenvalue weighted by Gasteiger charge is -2.36. The van der Waals surface area contributed by atoms with Crippen molar-refractivity contribution in [2.45, 2.75) is 0 Å². The number of hydrogen-bond acceptors (Lipinski definition) is 7. The first-order chi connectivity index (χ1) is 15.9. The summed E-state index contributed by atoms with van der Waals surface area (Å²) in [6.07, 6.45) is 0. The first-order valence-electron chi connectivity index (χ1n) is 10.2. The molecule has 0 unspecified atom stereocenters. The number of piperazine rings is 1. The number of rotatable bonds is 6. The lowest BCUT2D eigenvalue weighted by atomic mass is 10.2. The third kappa shape index (κ3) is 5.35. The molecule has 1 amide bonds. The number of thiophene rings is 1. The second-order valence-electron chi connectivity index (χ2n) is 7.39. The second kappa shape index (κ2) is 9.78. The van der Waals surface area contributed by atoms with Gasteiger partial charge in [-0.3, -0.25) is 14.9 Å². The van der Waals surface area contributed by atoms with Gasteiger partial charge in [-0.1, -0.05) is 12.1 Å². The van der Waals surface area contributed by atoms with E-state index < -0.39 is 10.9 Å². The highest BCUT2D eigenvalue weighted by atomic mass is 32.1. The lowest BCUT2D eigenvalue weighted by Crippen LogP contribution is -2.49. The van der Waals surface area contributed by atoms with Gasteiger partial charge >= 0.3 is 5.97 Å². The molecule has 2 heterocycles. The topological polar surface area (TPSA) is 93.0 Å². The van der Waals surface area contributed by atoms with Gasteiger partial charge in [0.05, 0.1) is 4.92 Å². The van der Waals surface area contributed by atoms with Crippen molar-refractivity contribution in [2.24, 2.45) is 0 Å². The lowest BCUT2D eigenvalue weighted by molar-refractivity contribution is -0.384. The zero-order valence-electron chi connectivity index (χ0n) is 17.5. The van der Waals surface area contributed by atoms with Gasteiger partial charge in [0.1, 0.15) is 10.7 Å². The van der Waals surface area contributed by atoms with Gasteiger partial charge in [0, 0.05) is 48.9 Å². The van der Waals surface area contributed by atoms with E-state index >= 15 is 0 Å². The minimum absolute atomic E-state index is 0.0323. The Hall–Kier alpha value is -3.79. The molecule has 33 heavy (non-hydrogen) atoms. The van der Waals surface area contributed by atoms with E-state index in [-0.39, 0.29) is 24.0 Å². The molecule has 0 radical (unpaired) electrons. The largest absolute Gasteiger partial charge is 0.451 e. The summed E-state index contributed by atoms with van der Waals surface area (Å²) >= 11 is 1.22. The number of carbonyl (C=O) groups is 2. The van der Waals surface area contributed by atoms with Gasteiger partial charge in [0.2, 0.25) is 0 Å². The molecule has 1 saturated heterocycles. The standard InChI is InChI=1S/C23H20FN3O5S/c24-17-3-1-16(2-4-17)20-9-10-21(33-20)23(29)32-15-22(28)26-13-11-25(12-14-26)18-5-7-19(8-6-18)27(30)31/h1-10H,11-15H2. The number of esters is 1. The third-order valence-corrected chi connectivity index (χ3v) is 6.44. The number of nitrogens with zero attached hydrogens (tertiary/aromatic N) is 3. The van der Waals surface area contributed by atoms with Crippen LogP contribution in [0.25, 0.3) is 10.4 Å². The second-order valence-corrected chi connectivity index (χ2v) is 8.47. The summed E-state index contributed by atoms with van der Waals surface area (Å²) in [6.45, 7) is 1.72. The van der Waals surface area contributed by atoms with E-state index in [9.17, 15) is 24.1 Å². The van der Waals surface area contributed by atoms with E-state index in [4.69, 9.17) is 4.74 Å². The summed E-state index contributed by atoms with van der Waals surface area (Å²) < 4.78 is 18.3. The van der Waals surface area contributed by atoms with Crippen LogP contribution in [0.3, 0.4) is 0 Å². The van der Waals surface area contributed by atoms with Gasteiger partial charge < -0.3 is 14.5 Å². The van der Waals surface area contributed by atoms with Crippen molar-refractivity contribution < 1.29 is 23.6 Å². The van der Waals surface area contributed by atoms with Crippen LogP contribution < -0.4 is 4.90 Å². The van der Waals surface area contributed by atoms with Crippen LogP contribution in [0.4, 0.5) is 15.8 Å². The molecule has 1 fully saturated rings. The van der Waals surface area contributed by atoms with Gasteiger partial charge in [-0.25, -0.2) is 9.18 Å². The molecule has 2 aromatic carbocycles. The van der Waals surface area contributed by atoms with Crippen LogP contribution in [0, 0.1) is 15.9 Å². The number of amides is 1. The number of nitro groups is 1. The first-order valence-corrected chi connectivity index (χ1v) is 11.0. The Kier molecular flexibility index (Phi) is 6.64. The van der Waals surface area contributed by atoms with Crippen LogP contribution in [0.2, 0.25) is 0 Å². The number of ether oxygens (including phenoxy) is 1. The number of hydrogen-bond donors (Lipinski definition) is 0. The van der Waals surface area contributed by atoms with Crippen LogP contribution in [-0.4, -0.2) is 54.5 Å². The van der Waals surface area contributed by atoms with Crippen LogP contribution in [0.5, 0.6) is 0 Å². The predicted octanol–water partition coefficient (Wildman–Crippen LogP) is 3.97. The van der Waals surface area contributed by atoms with Crippen molar-refractivity contribution in [3.8, 4) is 10.4 Å². The highest BCUT2D eigenvalue weighted by molar-refractivity contribution is 7.17.